The molecule has 0 amide bonds. The Kier molecular flexibility index (Phi) is 4.56. The Bertz CT molecular complexity index is 615. The van der Waals surface area contributed by atoms with Crippen molar-refractivity contribution in [3.63, 3.8) is 0 Å². The molecule has 2 aromatic rings. The van der Waals surface area contributed by atoms with Gasteiger partial charge >= 0.3 is 6.61 Å². The normalized spacial score (nSPS) is 10.9. The van der Waals surface area contributed by atoms with E-state index in [1.807, 2.05) is 19.3 Å². The van der Waals surface area contributed by atoms with Gasteiger partial charge in [0.25, 0.3) is 0 Å². The van der Waals surface area contributed by atoms with Crippen LogP contribution in [0.1, 0.15) is 5.69 Å². The van der Waals surface area contributed by atoms with Crippen LogP contribution in [0.15, 0.2) is 24.4 Å². The summed E-state index contributed by atoms with van der Waals surface area (Å²) in [6.07, 6.45) is 2.43. The van der Waals surface area contributed by atoms with E-state index in [2.05, 4.69) is 15.2 Å². The minimum absolute atomic E-state index is 0.120. The number of rotatable bonds is 6. The molecule has 0 aliphatic rings. The lowest BCUT2D eigenvalue weighted by Gasteiger charge is -2.12. The maximum absolute atomic E-state index is 13.4. The smallest absolute Gasteiger partial charge is 0.387 e. The van der Waals surface area contributed by atoms with Crippen molar-refractivity contribution in [2.75, 3.05) is 17.6 Å². The van der Waals surface area contributed by atoms with Crippen LogP contribution < -0.4 is 15.8 Å². The van der Waals surface area contributed by atoms with Crippen LogP contribution >= 0.6 is 0 Å². The summed E-state index contributed by atoms with van der Waals surface area (Å²) in [5, 5.41) is 7.14. The molecule has 1 heterocycles. The number of nitrogens with zero attached hydrogens (tertiary/aromatic N) is 2. The summed E-state index contributed by atoms with van der Waals surface area (Å²) in [4.78, 5) is 0. The van der Waals surface area contributed by atoms with Crippen LogP contribution in [0.4, 0.5) is 24.5 Å². The van der Waals surface area contributed by atoms with Gasteiger partial charge in [0.1, 0.15) is 0 Å². The van der Waals surface area contributed by atoms with E-state index in [9.17, 15) is 13.2 Å². The molecule has 0 spiro atoms. The van der Waals surface area contributed by atoms with Gasteiger partial charge in [0.2, 0.25) is 0 Å². The number of benzene rings is 1. The molecule has 8 heteroatoms. The highest BCUT2D eigenvalue weighted by Crippen LogP contribution is 2.29. The lowest BCUT2D eigenvalue weighted by Crippen LogP contribution is -2.10. The topological polar surface area (TPSA) is 65.1 Å². The molecule has 0 aliphatic carbocycles. The van der Waals surface area contributed by atoms with Crippen molar-refractivity contribution in [3.8, 4) is 5.75 Å². The first kappa shape index (κ1) is 15.0. The van der Waals surface area contributed by atoms with Crippen LogP contribution in [0.25, 0.3) is 0 Å². The standard InChI is InChI=1S/C13H15F3N4O/c1-20-5-3-8(19-20)2-4-18-11-7-12(21-13(15)16)9(14)6-10(11)17/h3,5-7,13,18H,2,4,17H2,1H3. The number of anilines is 2. The number of aryl methyl sites for hydroxylation is 1. The largest absolute Gasteiger partial charge is 0.432 e. The van der Waals surface area contributed by atoms with Crippen molar-refractivity contribution in [2.24, 2.45) is 7.05 Å². The first-order chi connectivity index (χ1) is 9.95. The second-order valence-electron chi connectivity index (χ2n) is 4.41. The molecule has 1 aromatic carbocycles. The molecular formula is C13H15F3N4O. The van der Waals surface area contributed by atoms with E-state index in [-0.39, 0.29) is 5.69 Å². The fraction of sp³-hybridized carbons (Fsp3) is 0.308. The molecule has 5 nitrogen and oxygen atoms in total. The van der Waals surface area contributed by atoms with E-state index in [4.69, 9.17) is 5.73 Å². The highest BCUT2D eigenvalue weighted by Gasteiger charge is 2.13. The van der Waals surface area contributed by atoms with E-state index in [0.29, 0.717) is 18.7 Å². The van der Waals surface area contributed by atoms with E-state index >= 15 is 0 Å². The molecule has 21 heavy (non-hydrogen) atoms. The molecule has 0 radical (unpaired) electrons. The van der Waals surface area contributed by atoms with E-state index in [1.165, 1.54) is 0 Å². The van der Waals surface area contributed by atoms with Gasteiger partial charge in [-0.1, -0.05) is 0 Å². The van der Waals surface area contributed by atoms with E-state index in [0.717, 1.165) is 17.8 Å². The SMILES string of the molecule is Cn1ccc(CCNc2cc(OC(F)F)c(F)cc2N)n1. The lowest BCUT2D eigenvalue weighted by atomic mass is 10.2. The van der Waals surface area contributed by atoms with E-state index < -0.39 is 18.2 Å². The van der Waals surface area contributed by atoms with Crippen molar-refractivity contribution in [1.29, 1.82) is 0 Å². The van der Waals surface area contributed by atoms with Gasteiger partial charge in [-0.3, -0.25) is 4.68 Å². The van der Waals surface area contributed by atoms with Crippen molar-refractivity contribution < 1.29 is 17.9 Å². The van der Waals surface area contributed by atoms with Crippen LogP contribution in [-0.4, -0.2) is 22.9 Å². The summed E-state index contributed by atoms with van der Waals surface area (Å²) in [7, 11) is 1.81. The highest BCUT2D eigenvalue weighted by atomic mass is 19.3. The Hall–Kier alpha value is -2.38. The van der Waals surface area contributed by atoms with Gasteiger partial charge in [0.05, 0.1) is 17.1 Å². The fourth-order valence-electron chi connectivity index (χ4n) is 1.83. The summed E-state index contributed by atoms with van der Waals surface area (Å²) < 4.78 is 43.5. The van der Waals surface area contributed by atoms with Crippen LogP contribution in [0.2, 0.25) is 0 Å². The summed E-state index contributed by atoms with van der Waals surface area (Å²) in [5.41, 5.74) is 6.97. The molecule has 2 rings (SSSR count). The maximum atomic E-state index is 13.4. The Morgan fingerprint density at radius 1 is 1.43 bits per heavy atom. The number of hydrogen-bond acceptors (Lipinski definition) is 4. The van der Waals surface area contributed by atoms with E-state index in [1.54, 1.807) is 4.68 Å². The predicted octanol–water partition coefficient (Wildman–Crippen LogP) is 2.40. The first-order valence-electron chi connectivity index (χ1n) is 6.22. The van der Waals surface area contributed by atoms with Crippen LogP contribution in [0, 0.1) is 5.82 Å². The molecule has 0 atom stereocenters. The zero-order valence-electron chi connectivity index (χ0n) is 11.3. The minimum atomic E-state index is -3.09. The third kappa shape index (κ3) is 4.04. The lowest BCUT2D eigenvalue weighted by molar-refractivity contribution is -0.0521. The number of aromatic nitrogens is 2. The zero-order chi connectivity index (χ0) is 15.4. The van der Waals surface area contributed by atoms with Gasteiger partial charge in [-0.25, -0.2) is 4.39 Å². The number of alkyl halides is 2. The minimum Gasteiger partial charge on any atom is -0.432 e. The summed E-state index contributed by atoms with van der Waals surface area (Å²) in [5.74, 6) is -1.47. The molecule has 0 saturated carbocycles. The molecule has 1 aromatic heterocycles. The number of nitrogens with two attached hydrogens (primary N) is 1. The number of nitrogen functional groups attached to an aromatic ring is 1. The monoisotopic (exact) mass is 300 g/mol. The molecule has 3 N–H and O–H groups in total. The van der Waals surface area contributed by atoms with Gasteiger partial charge in [0.15, 0.2) is 11.6 Å². The maximum Gasteiger partial charge on any atom is 0.387 e. The van der Waals surface area contributed by atoms with Gasteiger partial charge in [0, 0.05) is 38.3 Å². The predicted molar refractivity (Wildman–Crippen MR) is 72.8 cm³/mol. The molecule has 0 aliphatic heterocycles. The molecule has 0 unspecified atom stereocenters. The quantitative estimate of drug-likeness (QED) is 0.804. The Balaban J connectivity index is 2.01. The summed E-state index contributed by atoms with van der Waals surface area (Å²) in [6.45, 7) is -2.62. The van der Waals surface area contributed by atoms with Crippen LogP contribution in [0.3, 0.4) is 0 Å². The van der Waals surface area contributed by atoms with Crippen molar-refractivity contribution in [3.05, 3.63) is 35.9 Å². The summed E-state index contributed by atoms with van der Waals surface area (Å²) in [6, 6.07) is 3.93. The van der Waals surface area contributed by atoms with Crippen LogP contribution in [-0.2, 0) is 13.5 Å². The van der Waals surface area contributed by atoms with Crippen molar-refractivity contribution in [1.82, 2.24) is 9.78 Å². The Morgan fingerprint density at radius 3 is 2.81 bits per heavy atom. The molecular weight excluding hydrogens is 285 g/mol. The number of halogens is 3. The van der Waals surface area contributed by atoms with Crippen LogP contribution in [0.5, 0.6) is 5.75 Å². The third-order valence-electron chi connectivity index (χ3n) is 2.79. The Labute approximate surface area is 119 Å². The molecule has 0 fully saturated rings. The van der Waals surface area contributed by atoms with Gasteiger partial charge in [-0.15, -0.1) is 0 Å². The average Bonchev–Trinajstić information content (AvgIpc) is 2.80. The molecule has 0 bridgehead atoms. The first-order valence-corrected chi connectivity index (χ1v) is 6.22. The van der Waals surface area contributed by atoms with Gasteiger partial charge in [-0.2, -0.15) is 13.9 Å². The highest BCUT2D eigenvalue weighted by molar-refractivity contribution is 5.68. The molecule has 0 saturated heterocycles. The Morgan fingerprint density at radius 2 is 2.19 bits per heavy atom. The zero-order valence-corrected chi connectivity index (χ0v) is 11.3. The van der Waals surface area contributed by atoms with Crippen molar-refractivity contribution >= 4 is 11.4 Å². The van der Waals surface area contributed by atoms with Gasteiger partial charge < -0.3 is 15.8 Å². The number of nitrogens with one attached hydrogen (secondary N) is 1. The summed E-state index contributed by atoms with van der Waals surface area (Å²) >= 11 is 0. The second-order valence-corrected chi connectivity index (χ2v) is 4.41. The fourth-order valence-corrected chi connectivity index (χ4v) is 1.83. The van der Waals surface area contributed by atoms with Gasteiger partial charge in [-0.05, 0) is 6.07 Å². The molecule has 114 valence electrons. The third-order valence-corrected chi connectivity index (χ3v) is 2.79. The van der Waals surface area contributed by atoms with Crippen molar-refractivity contribution in [2.45, 2.75) is 13.0 Å². The number of ether oxygens (including phenoxy) is 1. The second kappa shape index (κ2) is 6.38. The number of hydrogen-bond donors (Lipinski definition) is 2. The average molecular weight is 300 g/mol.